The fraction of sp³-hybridized carbons (Fsp3) is 0.733. The number of hydrogen-bond donors (Lipinski definition) is 5. The first-order chi connectivity index (χ1) is 27.3. The third-order valence-corrected chi connectivity index (χ3v) is 12.2. The van der Waals surface area contributed by atoms with Crippen LogP contribution in [0.15, 0.2) is 59.3 Å². The van der Waals surface area contributed by atoms with Crippen molar-refractivity contribution in [3.8, 4) is 0 Å². The molecule has 12 unspecified atom stereocenters. The standard InChI is InChI=1S/C45H73NO12/c1-12-15-36-31(9)38(55-39-22-34(47)40(32(10)54-39)44(51)58-46)24-45(52,57-36)23-35(48)30(8)42-37(53-11)17-14-16-25(3)18-26(4)21-33(13-2)41(49)28(6)19-27(5)20-29(7)43(50)56-42/h12,14-17,19-20,26,28,30-42,47-49,52H,13,18,21-24,46H2,1-11H3/b15-12+,17-14+,25-16+,27-19+,29-20+/t26-,28?,30?,31?,32?,33?,34?,35?,36-,37+,38?,39?,40?,41?,42-,45?/m1/s1. The molecule has 0 aromatic rings. The van der Waals surface area contributed by atoms with Crippen LogP contribution < -0.4 is 5.90 Å². The Hall–Kier alpha value is -2.72. The Morgan fingerprint density at radius 2 is 1.83 bits per heavy atom. The molecule has 2 fully saturated rings. The van der Waals surface area contributed by atoms with Crippen LogP contribution >= 0.6 is 0 Å². The molecule has 0 saturated carbocycles. The van der Waals surface area contributed by atoms with E-state index in [4.69, 9.17) is 29.6 Å². The lowest BCUT2D eigenvalue weighted by Gasteiger charge is -2.47. The van der Waals surface area contributed by atoms with Crippen LogP contribution in [0.3, 0.4) is 0 Å². The molecule has 2 saturated heterocycles. The zero-order valence-electron chi connectivity index (χ0n) is 36.6. The highest BCUT2D eigenvalue weighted by Gasteiger charge is 2.49. The summed E-state index contributed by atoms with van der Waals surface area (Å²) >= 11 is 0. The number of methoxy groups -OCH3 is 1. The van der Waals surface area contributed by atoms with Crippen molar-refractivity contribution in [3.05, 3.63) is 59.3 Å². The van der Waals surface area contributed by atoms with Gasteiger partial charge in [-0.05, 0) is 65.4 Å². The monoisotopic (exact) mass is 820 g/mol. The molecule has 13 heteroatoms. The highest BCUT2D eigenvalue weighted by molar-refractivity contribution is 5.88. The number of esters is 1. The maximum absolute atomic E-state index is 13.7. The number of aliphatic hydroxyl groups excluding tert-OH is 3. The van der Waals surface area contributed by atoms with Crippen LogP contribution in [0.1, 0.15) is 108 Å². The third kappa shape index (κ3) is 13.7. The number of allylic oxidation sites excluding steroid dienone is 6. The van der Waals surface area contributed by atoms with Crippen LogP contribution in [0.25, 0.3) is 0 Å². The molecule has 0 radical (unpaired) electrons. The first-order valence-corrected chi connectivity index (χ1v) is 21.0. The predicted octanol–water partition coefficient (Wildman–Crippen LogP) is 5.75. The highest BCUT2D eigenvalue weighted by Crippen LogP contribution is 2.40. The second-order valence-electron chi connectivity index (χ2n) is 17.2. The molecule has 3 rings (SSSR count). The van der Waals surface area contributed by atoms with Gasteiger partial charge in [-0.15, -0.1) is 0 Å². The van der Waals surface area contributed by atoms with Gasteiger partial charge in [0.05, 0.1) is 36.6 Å². The molecule has 13 nitrogen and oxygen atoms in total. The van der Waals surface area contributed by atoms with Gasteiger partial charge < -0.3 is 48.9 Å². The summed E-state index contributed by atoms with van der Waals surface area (Å²) < 4.78 is 30.7. The van der Waals surface area contributed by atoms with Gasteiger partial charge in [-0.3, -0.25) is 0 Å². The summed E-state index contributed by atoms with van der Waals surface area (Å²) in [6.07, 6.45) is 7.68. The first kappa shape index (κ1) is 49.6. The van der Waals surface area contributed by atoms with E-state index in [2.05, 4.69) is 25.6 Å². The normalized spacial score (nSPS) is 42.0. The predicted molar refractivity (Wildman–Crippen MR) is 220 cm³/mol. The molecule has 0 spiro atoms. The molecule has 330 valence electrons. The van der Waals surface area contributed by atoms with Crippen molar-refractivity contribution in [1.82, 2.24) is 0 Å². The van der Waals surface area contributed by atoms with Crippen LogP contribution in [-0.2, 0) is 38.1 Å². The van der Waals surface area contributed by atoms with Crippen molar-refractivity contribution >= 4 is 11.9 Å². The third-order valence-electron chi connectivity index (χ3n) is 12.2. The largest absolute Gasteiger partial charge is 0.456 e. The molecule has 16 atom stereocenters. The average molecular weight is 820 g/mol. The number of rotatable bonds is 10. The van der Waals surface area contributed by atoms with E-state index in [1.165, 1.54) is 7.11 Å². The number of aliphatic hydroxyl groups is 4. The van der Waals surface area contributed by atoms with E-state index in [1.807, 2.05) is 45.9 Å². The van der Waals surface area contributed by atoms with Crippen molar-refractivity contribution in [2.45, 2.75) is 169 Å². The van der Waals surface area contributed by atoms with E-state index in [0.29, 0.717) is 11.5 Å². The molecule has 3 heterocycles. The van der Waals surface area contributed by atoms with E-state index in [-0.39, 0.29) is 37.0 Å². The summed E-state index contributed by atoms with van der Waals surface area (Å²) in [4.78, 5) is 30.3. The molecule has 0 aromatic heterocycles. The smallest absolute Gasteiger partial charge is 0.334 e. The second-order valence-corrected chi connectivity index (χ2v) is 17.2. The van der Waals surface area contributed by atoms with Gasteiger partial charge in [-0.1, -0.05) is 88.6 Å². The van der Waals surface area contributed by atoms with E-state index in [0.717, 1.165) is 30.4 Å². The lowest BCUT2D eigenvalue weighted by atomic mass is 9.81. The van der Waals surface area contributed by atoms with Gasteiger partial charge in [-0.25, -0.2) is 9.59 Å². The molecule has 58 heavy (non-hydrogen) atoms. The van der Waals surface area contributed by atoms with Gasteiger partial charge in [0, 0.05) is 49.7 Å². The summed E-state index contributed by atoms with van der Waals surface area (Å²) in [5.41, 5.74) is 2.30. The van der Waals surface area contributed by atoms with Crippen LogP contribution in [0, 0.1) is 35.5 Å². The van der Waals surface area contributed by atoms with Gasteiger partial charge in [0.25, 0.3) is 0 Å². The molecule has 6 N–H and O–H groups in total. The first-order valence-electron chi connectivity index (χ1n) is 21.0. The number of carbonyl (C=O) groups is 2. The lowest BCUT2D eigenvalue weighted by Crippen LogP contribution is -2.55. The molecule has 0 aromatic carbocycles. The van der Waals surface area contributed by atoms with Crippen LogP contribution in [0.2, 0.25) is 0 Å². The Labute approximate surface area is 346 Å². The zero-order chi connectivity index (χ0) is 43.5. The van der Waals surface area contributed by atoms with E-state index in [1.54, 1.807) is 45.1 Å². The minimum atomic E-state index is -1.88. The van der Waals surface area contributed by atoms with E-state index < -0.39 is 84.7 Å². The van der Waals surface area contributed by atoms with Crippen molar-refractivity contribution in [3.63, 3.8) is 0 Å². The summed E-state index contributed by atoms with van der Waals surface area (Å²) in [7, 11) is 1.52. The van der Waals surface area contributed by atoms with Crippen LogP contribution in [-0.4, -0.2) is 100 Å². The van der Waals surface area contributed by atoms with Crippen molar-refractivity contribution in [2.24, 2.45) is 41.4 Å². The van der Waals surface area contributed by atoms with Gasteiger partial charge in [0.1, 0.15) is 18.1 Å². The molecule has 0 bridgehead atoms. The molecule has 3 aliphatic rings. The molecule has 3 aliphatic heterocycles. The Morgan fingerprint density at radius 3 is 2.43 bits per heavy atom. The lowest BCUT2D eigenvalue weighted by molar-refractivity contribution is -0.321. The van der Waals surface area contributed by atoms with E-state index in [9.17, 15) is 30.0 Å². The molecule has 0 aliphatic carbocycles. The maximum Gasteiger partial charge on any atom is 0.334 e. The Morgan fingerprint density at radius 1 is 1.14 bits per heavy atom. The summed E-state index contributed by atoms with van der Waals surface area (Å²) in [5, 5.41) is 46.0. The Bertz CT molecular complexity index is 1480. The summed E-state index contributed by atoms with van der Waals surface area (Å²) in [6, 6.07) is 0. The number of ether oxygens (including phenoxy) is 5. The van der Waals surface area contributed by atoms with Gasteiger partial charge >= 0.3 is 11.9 Å². The fourth-order valence-electron chi connectivity index (χ4n) is 8.80. The minimum Gasteiger partial charge on any atom is -0.456 e. The quantitative estimate of drug-likeness (QED) is 0.102. The highest BCUT2D eigenvalue weighted by atomic mass is 16.7. The fourth-order valence-corrected chi connectivity index (χ4v) is 8.80. The second kappa shape index (κ2) is 22.8. The summed E-state index contributed by atoms with van der Waals surface area (Å²) in [6.45, 7) is 19.0. The van der Waals surface area contributed by atoms with Gasteiger partial charge in [-0.2, -0.15) is 5.90 Å². The average Bonchev–Trinajstić information content (AvgIpc) is 3.15. The molecular formula is C45H73NO12. The molecule has 0 amide bonds. The number of cyclic esters (lactones) is 1. The molecular weight excluding hydrogens is 746 g/mol. The summed E-state index contributed by atoms with van der Waals surface area (Å²) in [5.74, 6) is 0.134. The zero-order valence-corrected chi connectivity index (χ0v) is 36.6. The van der Waals surface area contributed by atoms with E-state index >= 15 is 0 Å². The SMILES string of the molecule is C/C=C/[C@H]1OC(O)(CC(O)C(C)[C@H]2OC(=O)/C(C)=C/C(C)=C/C(C)C(O)C(CC)C[C@H](C)C/C(C)=C/C=C/[C@@H]2OC)CC(OC2CC(O)C(C(=O)ON)C(C)O2)C1C. The number of carbonyl (C=O) groups excluding carboxylic acids is 2. The maximum atomic E-state index is 13.7. The van der Waals surface area contributed by atoms with Crippen LogP contribution in [0.4, 0.5) is 0 Å². The Kier molecular flexibility index (Phi) is 19.5. The number of nitrogens with two attached hydrogens (primary N) is 1. The van der Waals surface area contributed by atoms with Crippen molar-refractivity contribution in [1.29, 1.82) is 0 Å². The van der Waals surface area contributed by atoms with Gasteiger partial charge in [0.2, 0.25) is 0 Å². The topological polar surface area (TPSA) is 196 Å². The number of hydrogen-bond acceptors (Lipinski definition) is 13. The van der Waals surface area contributed by atoms with Crippen LogP contribution in [0.5, 0.6) is 0 Å². The van der Waals surface area contributed by atoms with Crippen molar-refractivity contribution in [2.75, 3.05) is 7.11 Å². The van der Waals surface area contributed by atoms with Crippen molar-refractivity contribution < 1.29 is 58.5 Å². The van der Waals surface area contributed by atoms with Gasteiger partial charge in [0.15, 0.2) is 12.1 Å². The Balaban J connectivity index is 1.92. The minimum absolute atomic E-state index is 0.0310.